The van der Waals surface area contributed by atoms with Crippen LogP contribution < -0.4 is 10.6 Å². The summed E-state index contributed by atoms with van der Waals surface area (Å²) >= 11 is 0. The molecule has 4 heteroatoms. The van der Waals surface area contributed by atoms with Crippen LogP contribution in [0.3, 0.4) is 0 Å². The molecule has 0 atom stereocenters. The molecule has 0 bridgehead atoms. The largest absolute Gasteiger partial charge is 0.443 e. The lowest BCUT2D eigenvalue weighted by atomic mass is 9.75. The zero-order chi connectivity index (χ0) is 16.7. The molecule has 1 aromatic rings. The Morgan fingerprint density at radius 1 is 1.22 bits per heavy atom. The van der Waals surface area contributed by atoms with Gasteiger partial charge in [0.15, 0.2) is 0 Å². The van der Waals surface area contributed by atoms with E-state index in [1.807, 2.05) is 32.9 Å². The second-order valence-electron chi connectivity index (χ2n) is 7.90. The number of carbonyl (C=O) groups excluding carboxylic acids is 1. The van der Waals surface area contributed by atoms with Crippen LogP contribution in [0, 0.1) is 0 Å². The zero-order valence-corrected chi connectivity index (χ0v) is 14.5. The van der Waals surface area contributed by atoms with E-state index in [1.54, 1.807) is 4.90 Å². The zero-order valence-electron chi connectivity index (χ0n) is 14.5. The normalized spacial score (nSPS) is 20.3. The molecule has 126 valence electrons. The Morgan fingerprint density at radius 2 is 1.91 bits per heavy atom. The summed E-state index contributed by atoms with van der Waals surface area (Å²) in [5, 5.41) is 0. The van der Waals surface area contributed by atoms with E-state index in [0.29, 0.717) is 6.54 Å². The minimum atomic E-state index is -0.476. The monoisotopic (exact) mass is 316 g/mol. The Kier molecular flexibility index (Phi) is 4.13. The lowest BCUT2D eigenvalue weighted by Crippen LogP contribution is -2.39. The van der Waals surface area contributed by atoms with Crippen LogP contribution in [0.5, 0.6) is 0 Å². The maximum atomic E-state index is 12.5. The van der Waals surface area contributed by atoms with E-state index in [4.69, 9.17) is 10.5 Å². The smallest absolute Gasteiger partial charge is 0.414 e. The molecule has 23 heavy (non-hydrogen) atoms. The highest BCUT2D eigenvalue weighted by Crippen LogP contribution is 2.41. The van der Waals surface area contributed by atoms with Gasteiger partial charge >= 0.3 is 6.09 Å². The van der Waals surface area contributed by atoms with Gasteiger partial charge in [-0.25, -0.2) is 4.79 Å². The third kappa shape index (κ3) is 3.23. The second kappa shape index (κ2) is 5.82. The van der Waals surface area contributed by atoms with E-state index < -0.39 is 5.60 Å². The van der Waals surface area contributed by atoms with Crippen LogP contribution in [-0.4, -0.2) is 18.2 Å². The Bertz CT molecular complexity index is 598. The molecule has 0 aromatic heterocycles. The number of amides is 1. The maximum Gasteiger partial charge on any atom is 0.414 e. The van der Waals surface area contributed by atoms with E-state index in [9.17, 15) is 4.79 Å². The van der Waals surface area contributed by atoms with Gasteiger partial charge in [-0.2, -0.15) is 0 Å². The Hall–Kier alpha value is -1.55. The first-order valence-corrected chi connectivity index (χ1v) is 8.72. The van der Waals surface area contributed by atoms with Crippen molar-refractivity contribution >= 4 is 11.8 Å². The number of carbonyl (C=O) groups is 1. The van der Waals surface area contributed by atoms with Crippen molar-refractivity contribution < 1.29 is 9.53 Å². The quantitative estimate of drug-likeness (QED) is 0.848. The van der Waals surface area contributed by atoms with E-state index in [2.05, 4.69) is 6.07 Å². The molecule has 1 aliphatic heterocycles. The van der Waals surface area contributed by atoms with Crippen LogP contribution in [0.25, 0.3) is 0 Å². The first kappa shape index (κ1) is 16.3. The van der Waals surface area contributed by atoms with Crippen molar-refractivity contribution in [2.75, 3.05) is 11.4 Å². The Balaban J connectivity index is 1.90. The molecular weight excluding hydrogens is 288 g/mol. The molecule has 1 heterocycles. The van der Waals surface area contributed by atoms with Gasteiger partial charge in [0.05, 0.1) is 5.69 Å². The SMILES string of the molecule is CC(C)(C)OC(=O)N1CCc2c1cccc2C1(N)CCCCC1. The van der Waals surface area contributed by atoms with Gasteiger partial charge in [-0.15, -0.1) is 0 Å². The molecule has 1 aromatic carbocycles. The summed E-state index contributed by atoms with van der Waals surface area (Å²) in [5.74, 6) is 0. The molecule has 0 spiro atoms. The number of benzene rings is 1. The van der Waals surface area contributed by atoms with Gasteiger partial charge in [0.25, 0.3) is 0 Å². The van der Waals surface area contributed by atoms with Crippen molar-refractivity contribution in [2.45, 2.75) is 70.4 Å². The fourth-order valence-electron chi connectivity index (χ4n) is 3.86. The summed E-state index contributed by atoms with van der Waals surface area (Å²) in [6.45, 7) is 6.37. The lowest BCUT2D eigenvalue weighted by molar-refractivity contribution is 0.0584. The number of rotatable bonds is 1. The van der Waals surface area contributed by atoms with Crippen LogP contribution in [0.4, 0.5) is 10.5 Å². The summed E-state index contributed by atoms with van der Waals surface area (Å²) in [5.41, 5.74) is 9.49. The van der Waals surface area contributed by atoms with Crippen LogP contribution >= 0.6 is 0 Å². The maximum absolute atomic E-state index is 12.5. The minimum absolute atomic E-state index is 0.229. The van der Waals surface area contributed by atoms with Gasteiger partial charge in [0.2, 0.25) is 0 Å². The fraction of sp³-hybridized carbons (Fsp3) is 0.632. The van der Waals surface area contributed by atoms with Gasteiger partial charge in [-0.05, 0) is 57.2 Å². The van der Waals surface area contributed by atoms with E-state index in [0.717, 1.165) is 24.9 Å². The minimum Gasteiger partial charge on any atom is -0.443 e. The molecular formula is C19H28N2O2. The van der Waals surface area contributed by atoms with Crippen molar-refractivity contribution in [3.63, 3.8) is 0 Å². The van der Waals surface area contributed by atoms with Crippen LogP contribution in [-0.2, 0) is 16.7 Å². The molecule has 0 saturated heterocycles. The number of hydrogen-bond donors (Lipinski definition) is 1. The first-order chi connectivity index (χ1) is 10.8. The highest BCUT2D eigenvalue weighted by molar-refractivity contribution is 5.91. The Morgan fingerprint density at radius 3 is 2.57 bits per heavy atom. The lowest BCUT2D eigenvalue weighted by Gasteiger charge is -2.35. The number of fused-ring (bicyclic) bond motifs is 1. The van der Waals surface area contributed by atoms with Gasteiger partial charge < -0.3 is 10.5 Å². The number of hydrogen-bond acceptors (Lipinski definition) is 3. The van der Waals surface area contributed by atoms with Crippen LogP contribution in [0.15, 0.2) is 18.2 Å². The van der Waals surface area contributed by atoms with E-state index >= 15 is 0 Å². The molecule has 0 unspecified atom stereocenters. The standard InChI is InChI=1S/C19H28N2O2/c1-18(2,3)23-17(22)21-13-10-14-15(8-7-9-16(14)21)19(20)11-5-4-6-12-19/h7-9H,4-6,10-13,20H2,1-3H3. The van der Waals surface area contributed by atoms with Gasteiger partial charge in [0.1, 0.15) is 5.60 Å². The number of anilines is 1. The predicted octanol–water partition coefficient (Wildman–Crippen LogP) is 4.10. The van der Waals surface area contributed by atoms with Crippen molar-refractivity contribution in [2.24, 2.45) is 5.73 Å². The molecule has 2 aliphatic rings. The molecule has 1 amide bonds. The van der Waals surface area contributed by atoms with E-state index in [-0.39, 0.29) is 11.6 Å². The highest BCUT2D eigenvalue weighted by Gasteiger charge is 2.36. The van der Waals surface area contributed by atoms with Crippen LogP contribution in [0.2, 0.25) is 0 Å². The number of nitrogens with two attached hydrogens (primary N) is 1. The fourth-order valence-corrected chi connectivity index (χ4v) is 3.86. The van der Waals surface area contributed by atoms with Gasteiger partial charge in [-0.3, -0.25) is 4.90 Å². The third-order valence-electron chi connectivity index (χ3n) is 4.92. The molecule has 1 aliphatic carbocycles. The summed E-state index contributed by atoms with van der Waals surface area (Å²) in [4.78, 5) is 14.2. The number of ether oxygens (including phenoxy) is 1. The summed E-state index contributed by atoms with van der Waals surface area (Å²) in [6, 6.07) is 6.20. The van der Waals surface area contributed by atoms with Gasteiger partial charge in [0, 0.05) is 12.1 Å². The molecule has 3 rings (SSSR count). The average molecular weight is 316 g/mol. The first-order valence-electron chi connectivity index (χ1n) is 8.72. The number of nitrogens with zero attached hydrogens (tertiary/aromatic N) is 1. The average Bonchev–Trinajstić information content (AvgIpc) is 2.90. The van der Waals surface area contributed by atoms with Crippen molar-refractivity contribution in [1.29, 1.82) is 0 Å². The third-order valence-corrected chi connectivity index (χ3v) is 4.92. The topological polar surface area (TPSA) is 55.6 Å². The van der Waals surface area contributed by atoms with Crippen LogP contribution in [0.1, 0.15) is 64.0 Å². The second-order valence-corrected chi connectivity index (χ2v) is 7.90. The molecule has 1 fully saturated rings. The predicted molar refractivity (Wildman–Crippen MR) is 92.7 cm³/mol. The van der Waals surface area contributed by atoms with Crippen molar-refractivity contribution in [3.05, 3.63) is 29.3 Å². The van der Waals surface area contributed by atoms with E-state index in [1.165, 1.54) is 30.4 Å². The summed E-state index contributed by atoms with van der Waals surface area (Å²) < 4.78 is 5.54. The van der Waals surface area contributed by atoms with Crippen molar-refractivity contribution in [3.8, 4) is 0 Å². The highest BCUT2D eigenvalue weighted by atomic mass is 16.6. The molecule has 4 nitrogen and oxygen atoms in total. The van der Waals surface area contributed by atoms with Crippen molar-refractivity contribution in [1.82, 2.24) is 0 Å². The summed E-state index contributed by atoms with van der Waals surface area (Å²) in [7, 11) is 0. The molecule has 0 radical (unpaired) electrons. The molecule has 1 saturated carbocycles. The summed E-state index contributed by atoms with van der Waals surface area (Å²) in [6.07, 6.45) is 6.34. The Labute approximate surface area is 139 Å². The molecule has 2 N–H and O–H groups in total. The van der Waals surface area contributed by atoms with Gasteiger partial charge in [-0.1, -0.05) is 31.4 Å².